The van der Waals surface area contributed by atoms with Crippen molar-refractivity contribution in [1.82, 2.24) is 0 Å². The van der Waals surface area contributed by atoms with Crippen molar-refractivity contribution in [2.24, 2.45) is 4.99 Å². The predicted octanol–water partition coefficient (Wildman–Crippen LogP) is 1.69. The standard InChI is InChI=1S/C12H15NO2/c1-14-7-8-15-12-4-2-3-10-9-13-6-5-11(10)12/h2-4,9H,5-8H2,1H3. The normalized spacial score (nSPS) is 13.7. The fourth-order valence-electron chi connectivity index (χ4n) is 1.68. The minimum atomic E-state index is 0.601. The molecule has 80 valence electrons. The molecule has 0 fully saturated rings. The van der Waals surface area contributed by atoms with Crippen LogP contribution in [0.25, 0.3) is 0 Å². The Kier molecular flexibility index (Phi) is 3.35. The zero-order chi connectivity index (χ0) is 10.5. The van der Waals surface area contributed by atoms with E-state index in [9.17, 15) is 0 Å². The molecule has 1 aromatic carbocycles. The van der Waals surface area contributed by atoms with Gasteiger partial charge in [0.1, 0.15) is 12.4 Å². The second kappa shape index (κ2) is 4.94. The van der Waals surface area contributed by atoms with Crippen molar-refractivity contribution < 1.29 is 9.47 Å². The van der Waals surface area contributed by atoms with Crippen molar-refractivity contribution in [2.75, 3.05) is 26.9 Å². The summed E-state index contributed by atoms with van der Waals surface area (Å²) in [5, 5.41) is 0. The molecular weight excluding hydrogens is 190 g/mol. The molecule has 0 saturated carbocycles. The van der Waals surface area contributed by atoms with Crippen LogP contribution in [-0.4, -0.2) is 33.1 Å². The Bertz CT molecular complexity index is 361. The van der Waals surface area contributed by atoms with Gasteiger partial charge < -0.3 is 9.47 Å². The third-order valence-corrected chi connectivity index (χ3v) is 2.44. The van der Waals surface area contributed by atoms with E-state index in [1.807, 2.05) is 18.3 Å². The first-order chi connectivity index (χ1) is 7.42. The first-order valence-corrected chi connectivity index (χ1v) is 5.15. The van der Waals surface area contributed by atoms with Gasteiger partial charge in [-0.1, -0.05) is 12.1 Å². The van der Waals surface area contributed by atoms with Gasteiger partial charge in [0, 0.05) is 25.4 Å². The topological polar surface area (TPSA) is 30.8 Å². The number of methoxy groups -OCH3 is 1. The van der Waals surface area contributed by atoms with Crippen LogP contribution in [0.3, 0.4) is 0 Å². The Morgan fingerprint density at radius 2 is 2.27 bits per heavy atom. The molecule has 0 radical (unpaired) electrons. The molecule has 0 bridgehead atoms. The molecule has 0 saturated heterocycles. The van der Waals surface area contributed by atoms with Gasteiger partial charge in [0.25, 0.3) is 0 Å². The van der Waals surface area contributed by atoms with Crippen LogP contribution < -0.4 is 4.74 Å². The van der Waals surface area contributed by atoms with Crippen molar-refractivity contribution >= 4 is 6.21 Å². The average Bonchev–Trinajstić information content (AvgIpc) is 2.30. The van der Waals surface area contributed by atoms with Crippen LogP contribution in [-0.2, 0) is 11.2 Å². The predicted molar refractivity (Wildman–Crippen MR) is 60.0 cm³/mol. The fraction of sp³-hybridized carbons (Fsp3) is 0.417. The molecule has 0 aliphatic carbocycles. The first-order valence-electron chi connectivity index (χ1n) is 5.15. The van der Waals surface area contributed by atoms with E-state index in [1.165, 1.54) is 11.1 Å². The van der Waals surface area contributed by atoms with Crippen molar-refractivity contribution in [2.45, 2.75) is 6.42 Å². The summed E-state index contributed by atoms with van der Waals surface area (Å²) in [6, 6.07) is 6.08. The highest BCUT2D eigenvalue weighted by atomic mass is 16.5. The molecule has 2 rings (SSSR count). The molecule has 0 N–H and O–H groups in total. The van der Waals surface area contributed by atoms with Gasteiger partial charge in [0.15, 0.2) is 0 Å². The van der Waals surface area contributed by atoms with Gasteiger partial charge in [-0.05, 0) is 18.1 Å². The molecule has 1 aliphatic heterocycles. The summed E-state index contributed by atoms with van der Waals surface area (Å²) in [7, 11) is 1.68. The Balaban J connectivity index is 2.13. The molecule has 3 nitrogen and oxygen atoms in total. The van der Waals surface area contributed by atoms with Crippen molar-refractivity contribution in [3.8, 4) is 5.75 Å². The third-order valence-electron chi connectivity index (χ3n) is 2.44. The van der Waals surface area contributed by atoms with E-state index in [1.54, 1.807) is 7.11 Å². The number of ether oxygens (including phenoxy) is 2. The molecule has 15 heavy (non-hydrogen) atoms. The van der Waals surface area contributed by atoms with Gasteiger partial charge in [-0.3, -0.25) is 4.99 Å². The molecule has 1 heterocycles. The minimum Gasteiger partial charge on any atom is -0.491 e. The van der Waals surface area contributed by atoms with Crippen LogP contribution in [0.5, 0.6) is 5.75 Å². The molecule has 0 atom stereocenters. The van der Waals surface area contributed by atoms with E-state index in [0.29, 0.717) is 13.2 Å². The van der Waals surface area contributed by atoms with Crippen LogP contribution in [0.2, 0.25) is 0 Å². The lowest BCUT2D eigenvalue weighted by molar-refractivity contribution is 0.146. The average molecular weight is 205 g/mol. The Morgan fingerprint density at radius 1 is 1.33 bits per heavy atom. The molecule has 0 unspecified atom stereocenters. The van der Waals surface area contributed by atoms with E-state index in [0.717, 1.165) is 18.7 Å². The lowest BCUT2D eigenvalue weighted by atomic mass is 10.0. The highest BCUT2D eigenvalue weighted by Gasteiger charge is 2.10. The summed E-state index contributed by atoms with van der Waals surface area (Å²) >= 11 is 0. The first kappa shape index (κ1) is 10.2. The molecule has 1 aromatic rings. The molecule has 0 spiro atoms. The quantitative estimate of drug-likeness (QED) is 0.700. The van der Waals surface area contributed by atoms with E-state index in [2.05, 4.69) is 11.1 Å². The summed E-state index contributed by atoms with van der Waals surface area (Å²) < 4.78 is 10.6. The fourth-order valence-corrected chi connectivity index (χ4v) is 1.68. The molecular formula is C12H15NO2. The van der Waals surface area contributed by atoms with Gasteiger partial charge in [0.2, 0.25) is 0 Å². The second-order valence-electron chi connectivity index (χ2n) is 3.45. The van der Waals surface area contributed by atoms with Crippen LogP contribution in [0.15, 0.2) is 23.2 Å². The molecule has 0 aromatic heterocycles. The van der Waals surface area contributed by atoms with Gasteiger partial charge in [-0.15, -0.1) is 0 Å². The van der Waals surface area contributed by atoms with Crippen LogP contribution in [0, 0.1) is 0 Å². The zero-order valence-electron chi connectivity index (χ0n) is 8.90. The van der Waals surface area contributed by atoms with E-state index >= 15 is 0 Å². The van der Waals surface area contributed by atoms with Crippen molar-refractivity contribution in [3.63, 3.8) is 0 Å². The van der Waals surface area contributed by atoms with Crippen LogP contribution in [0.1, 0.15) is 11.1 Å². The van der Waals surface area contributed by atoms with Gasteiger partial charge >= 0.3 is 0 Å². The SMILES string of the molecule is COCCOc1cccc2c1CCN=C2. The van der Waals surface area contributed by atoms with Crippen molar-refractivity contribution in [1.29, 1.82) is 0 Å². The van der Waals surface area contributed by atoms with Gasteiger partial charge in [0.05, 0.1) is 6.61 Å². The summed E-state index contributed by atoms with van der Waals surface area (Å²) in [6.45, 7) is 2.08. The second-order valence-corrected chi connectivity index (χ2v) is 3.45. The number of nitrogens with zero attached hydrogens (tertiary/aromatic N) is 1. The number of aliphatic imine (C=N–C) groups is 1. The summed E-state index contributed by atoms with van der Waals surface area (Å²) in [5.41, 5.74) is 2.44. The monoisotopic (exact) mass is 205 g/mol. The lowest BCUT2D eigenvalue weighted by Crippen LogP contribution is -2.09. The molecule has 0 amide bonds. The Hall–Kier alpha value is -1.35. The maximum absolute atomic E-state index is 5.66. The van der Waals surface area contributed by atoms with E-state index in [-0.39, 0.29) is 0 Å². The Morgan fingerprint density at radius 3 is 3.13 bits per heavy atom. The highest BCUT2D eigenvalue weighted by molar-refractivity contribution is 5.84. The smallest absolute Gasteiger partial charge is 0.123 e. The third kappa shape index (κ3) is 2.36. The highest BCUT2D eigenvalue weighted by Crippen LogP contribution is 2.24. The minimum absolute atomic E-state index is 0.601. The summed E-state index contributed by atoms with van der Waals surface area (Å²) in [6.07, 6.45) is 2.89. The summed E-state index contributed by atoms with van der Waals surface area (Å²) in [4.78, 5) is 4.25. The van der Waals surface area contributed by atoms with E-state index in [4.69, 9.17) is 9.47 Å². The van der Waals surface area contributed by atoms with Crippen LogP contribution in [0.4, 0.5) is 0 Å². The Labute approximate surface area is 89.7 Å². The largest absolute Gasteiger partial charge is 0.491 e. The van der Waals surface area contributed by atoms with Crippen LogP contribution >= 0.6 is 0 Å². The lowest BCUT2D eigenvalue weighted by Gasteiger charge is -2.15. The van der Waals surface area contributed by atoms with Gasteiger partial charge in [-0.25, -0.2) is 0 Å². The number of rotatable bonds is 4. The molecule has 3 heteroatoms. The van der Waals surface area contributed by atoms with Crippen molar-refractivity contribution in [3.05, 3.63) is 29.3 Å². The van der Waals surface area contributed by atoms with E-state index < -0.39 is 0 Å². The zero-order valence-corrected chi connectivity index (χ0v) is 8.90. The molecule has 1 aliphatic rings. The summed E-state index contributed by atoms with van der Waals surface area (Å²) in [5.74, 6) is 0.968. The number of hydrogen-bond donors (Lipinski definition) is 0. The number of fused-ring (bicyclic) bond motifs is 1. The number of benzene rings is 1. The maximum Gasteiger partial charge on any atom is 0.123 e. The number of hydrogen-bond acceptors (Lipinski definition) is 3. The maximum atomic E-state index is 5.66. The van der Waals surface area contributed by atoms with Gasteiger partial charge in [-0.2, -0.15) is 0 Å².